The third kappa shape index (κ3) is 6.17. The summed E-state index contributed by atoms with van der Waals surface area (Å²) in [6.45, 7) is 6.96. The molecule has 0 bridgehead atoms. The number of anilines is 2. The Labute approximate surface area is 256 Å². The Morgan fingerprint density at radius 3 is 2.69 bits per heavy atom. The minimum Gasteiger partial charge on any atom is -0.474 e. The van der Waals surface area contributed by atoms with Crippen LogP contribution >= 0.6 is 0 Å². The van der Waals surface area contributed by atoms with Gasteiger partial charge in [0.15, 0.2) is 5.82 Å². The number of benzene rings is 1. The fourth-order valence-electron chi connectivity index (χ4n) is 6.40. The predicted octanol–water partition coefficient (Wildman–Crippen LogP) is 4.55. The Bertz CT molecular complexity index is 1570. The molecule has 3 aliphatic rings. The van der Waals surface area contributed by atoms with E-state index >= 15 is 4.39 Å². The SMILES string of the molecule is CCc1c(F)c(N)cc(-c2nc3c4c(nc(OC[C@@H]5CC[C@H]6COCCN65)nc4c2F)NCCNCC[C@H](C)O3)c1C(F)(F)F. The second kappa shape index (κ2) is 12.7. The van der Waals surface area contributed by atoms with Crippen LogP contribution in [0.4, 0.5) is 33.5 Å². The summed E-state index contributed by atoms with van der Waals surface area (Å²) in [5.74, 6) is -2.37. The van der Waals surface area contributed by atoms with Crippen molar-refractivity contribution in [2.45, 2.75) is 63.9 Å². The van der Waals surface area contributed by atoms with Gasteiger partial charge in [0.1, 0.15) is 34.8 Å². The van der Waals surface area contributed by atoms with Crippen molar-refractivity contribution in [1.29, 1.82) is 0 Å². The zero-order valence-electron chi connectivity index (χ0n) is 25.1. The number of morpholine rings is 1. The summed E-state index contributed by atoms with van der Waals surface area (Å²) in [5.41, 5.74) is 1.45. The fourth-order valence-corrected chi connectivity index (χ4v) is 6.40. The Hall–Kier alpha value is -3.56. The number of nitrogens with zero attached hydrogens (tertiary/aromatic N) is 4. The zero-order chi connectivity index (χ0) is 31.9. The van der Waals surface area contributed by atoms with Gasteiger partial charge in [-0.2, -0.15) is 23.1 Å². The molecule has 10 nitrogen and oxygen atoms in total. The maximum Gasteiger partial charge on any atom is 0.417 e. The van der Waals surface area contributed by atoms with Crippen LogP contribution in [0, 0.1) is 11.6 Å². The van der Waals surface area contributed by atoms with E-state index in [1.807, 2.05) is 0 Å². The molecule has 0 aliphatic carbocycles. The van der Waals surface area contributed by atoms with E-state index in [1.165, 1.54) is 6.92 Å². The molecule has 4 N–H and O–H groups in total. The van der Waals surface area contributed by atoms with Crippen molar-refractivity contribution in [3.8, 4) is 23.1 Å². The first kappa shape index (κ1) is 31.4. The minimum absolute atomic E-state index is 0.0609. The van der Waals surface area contributed by atoms with E-state index in [-0.39, 0.29) is 47.7 Å². The van der Waals surface area contributed by atoms with Crippen LogP contribution in [0.25, 0.3) is 22.2 Å². The number of nitrogens with two attached hydrogens (primary N) is 1. The Kier molecular flexibility index (Phi) is 8.85. The van der Waals surface area contributed by atoms with Gasteiger partial charge in [-0.05, 0) is 45.2 Å². The first-order chi connectivity index (χ1) is 21.6. The molecule has 2 aromatic heterocycles. The quantitative estimate of drug-likeness (QED) is 0.272. The lowest BCUT2D eigenvalue weighted by Crippen LogP contribution is -2.46. The van der Waals surface area contributed by atoms with Gasteiger partial charge in [0.25, 0.3) is 0 Å². The van der Waals surface area contributed by atoms with Gasteiger partial charge in [0.05, 0.1) is 30.6 Å². The molecule has 15 heteroatoms. The number of nitrogens with one attached hydrogen (secondary N) is 2. The normalized spacial score (nSPS) is 22.8. The average Bonchev–Trinajstić information content (AvgIpc) is 3.41. The minimum atomic E-state index is -5.04. The van der Waals surface area contributed by atoms with Crippen LogP contribution in [0.5, 0.6) is 11.9 Å². The summed E-state index contributed by atoms with van der Waals surface area (Å²) in [4.78, 5) is 15.5. The van der Waals surface area contributed by atoms with Crippen LogP contribution in [0.15, 0.2) is 6.07 Å². The molecule has 1 aromatic carbocycles. The van der Waals surface area contributed by atoms with Gasteiger partial charge in [0.2, 0.25) is 5.88 Å². The Balaban J connectivity index is 1.52. The monoisotopic (exact) mass is 637 g/mol. The largest absolute Gasteiger partial charge is 0.474 e. The molecule has 45 heavy (non-hydrogen) atoms. The lowest BCUT2D eigenvalue weighted by molar-refractivity contribution is -0.137. The first-order valence-electron chi connectivity index (χ1n) is 15.2. The number of rotatable bonds is 5. The van der Waals surface area contributed by atoms with Crippen molar-refractivity contribution in [3.05, 3.63) is 28.8 Å². The summed E-state index contributed by atoms with van der Waals surface area (Å²) in [5, 5.41) is 6.48. The number of fused-ring (bicyclic) bond motifs is 1. The standard InChI is InChI=1S/C30H36F5N7O3/c1-3-18-22(30(33,34)35)19(12-20(36)23(18)31)25-24(32)26-21-27(38-9-8-37-7-6-15(2)45-28(21)39-25)41-29(40-26)44-14-17-5-4-16-13-43-11-10-42(16)17/h12,15-17,37H,3-11,13-14,36H2,1-2H3,(H,38,40,41)/t15-,16-,17-/m0/s1. The van der Waals surface area contributed by atoms with Gasteiger partial charge in [-0.1, -0.05) is 6.92 Å². The number of ether oxygens (including phenoxy) is 3. The van der Waals surface area contributed by atoms with E-state index in [1.54, 1.807) is 6.92 Å². The summed E-state index contributed by atoms with van der Waals surface area (Å²) in [7, 11) is 0. The molecular weight excluding hydrogens is 601 g/mol. The van der Waals surface area contributed by atoms with Gasteiger partial charge in [0, 0.05) is 42.8 Å². The first-order valence-corrected chi connectivity index (χ1v) is 15.2. The van der Waals surface area contributed by atoms with Crippen molar-refractivity contribution in [3.63, 3.8) is 0 Å². The summed E-state index contributed by atoms with van der Waals surface area (Å²) in [6.07, 6.45) is -3.46. The number of hydrogen-bond acceptors (Lipinski definition) is 10. The smallest absolute Gasteiger partial charge is 0.417 e. The molecule has 5 heterocycles. The van der Waals surface area contributed by atoms with Crippen molar-refractivity contribution >= 4 is 22.4 Å². The van der Waals surface area contributed by atoms with Gasteiger partial charge >= 0.3 is 12.2 Å². The van der Waals surface area contributed by atoms with Crippen molar-refractivity contribution < 1.29 is 36.2 Å². The van der Waals surface area contributed by atoms with Crippen molar-refractivity contribution in [2.24, 2.45) is 0 Å². The highest BCUT2D eigenvalue weighted by molar-refractivity contribution is 5.96. The topological polar surface area (TPSA) is 120 Å². The predicted molar refractivity (Wildman–Crippen MR) is 157 cm³/mol. The summed E-state index contributed by atoms with van der Waals surface area (Å²) in [6, 6.07) is 0.991. The van der Waals surface area contributed by atoms with E-state index in [9.17, 15) is 17.6 Å². The lowest BCUT2D eigenvalue weighted by atomic mass is 9.94. The molecule has 3 atom stereocenters. The average molecular weight is 638 g/mol. The van der Waals surface area contributed by atoms with Gasteiger partial charge in [-0.3, -0.25) is 4.90 Å². The maximum absolute atomic E-state index is 16.6. The summed E-state index contributed by atoms with van der Waals surface area (Å²) >= 11 is 0. The molecule has 2 fully saturated rings. The van der Waals surface area contributed by atoms with Crippen molar-refractivity contribution in [1.82, 2.24) is 25.2 Å². The molecule has 0 spiro atoms. The van der Waals surface area contributed by atoms with Crippen LogP contribution in [0.2, 0.25) is 0 Å². The van der Waals surface area contributed by atoms with E-state index in [2.05, 4.69) is 30.5 Å². The molecule has 3 aromatic rings. The highest BCUT2D eigenvalue weighted by Gasteiger charge is 2.40. The van der Waals surface area contributed by atoms with E-state index in [0.717, 1.165) is 25.5 Å². The molecule has 244 valence electrons. The number of hydrogen-bond donors (Lipinski definition) is 3. The molecule has 6 rings (SSSR count). The van der Waals surface area contributed by atoms with Gasteiger partial charge in [-0.25, -0.2) is 13.8 Å². The molecule has 0 unspecified atom stereocenters. The maximum atomic E-state index is 16.6. The van der Waals surface area contributed by atoms with E-state index < -0.39 is 52.0 Å². The molecular formula is C30H36F5N7O3. The molecule has 3 aliphatic heterocycles. The van der Waals surface area contributed by atoms with Gasteiger partial charge < -0.3 is 30.6 Å². The zero-order valence-corrected chi connectivity index (χ0v) is 25.1. The second-order valence-corrected chi connectivity index (χ2v) is 11.6. The molecule has 0 saturated carbocycles. The van der Waals surface area contributed by atoms with E-state index in [4.69, 9.17) is 19.9 Å². The third-order valence-electron chi connectivity index (χ3n) is 8.63. The summed E-state index contributed by atoms with van der Waals surface area (Å²) < 4.78 is 92.7. The van der Waals surface area contributed by atoms with E-state index in [0.29, 0.717) is 45.3 Å². The second-order valence-electron chi connectivity index (χ2n) is 11.6. The number of pyridine rings is 1. The lowest BCUT2D eigenvalue weighted by Gasteiger charge is -2.33. The van der Waals surface area contributed by atoms with Gasteiger partial charge in [-0.15, -0.1) is 0 Å². The van der Waals surface area contributed by atoms with Crippen molar-refractivity contribution in [2.75, 3.05) is 57.1 Å². The molecule has 0 amide bonds. The highest BCUT2D eigenvalue weighted by Crippen LogP contribution is 2.45. The fraction of sp³-hybridized carbons (Fsp3) is 0.567. The van der Waals surface area contributed by atoms with Crippen LogP contribution in [-0.2, 0) is 17.3 Å². The number of alkyl halides is 3. The Morgan fingerprint density at radius 2 is 1.91 bits per heavy atom. The van der Waals surface area contributed by atoms with Crippen LogP contribution < -0.4 is 25.8 Å². The Morgan fingerprint density at radius 1 is 1.09 bits per heavy atom. The highest BCUT2D eigenvalue weighted by atomic mass is 19.4. The van der Waals surface area contributed by atoms with Crippen LogP contribution in [-0.4, -0.2) is 84.0 Å². The number of nitrogen functional groups attached to an aromatic ring is 1. The third-order valence-corrected chi connectivity index (χ3v) is 8.63. The number of aromatic nitrogens is 3. The van der Waals surface area contributed by atoms with Crippen LogP contribution in [0.3, 0.4) is 0 Å². The van der Waals surface area contributed by atoms with Crippen LogP contribution in [0.1, 0.15) is 44.2 Å². The number of halogens is 5. The molecule has 0 radical (unpaired) electrons. The molecule has 2 saturated heterocycles.